The molecule has 3 aromatic carbocycles. The molecular formula is C27H24ClNO5S. The smallest absolute Gasteiger partial charge is 0.293 e. The Bertz CT molecular complexity index is 1240. The molecule has 1 saturated heterocycles. The Morgan fingerprint density at radius 2 is 1.69 bits per heavy atom. The van der Waals surface area contributed by atoms with Gasteiger partial charge in [0.05, 0.1) is 18.6 Å². The van der Waals surface area contributed by atoms with E-state index in [2.05, 4.69) is 0 Å². The second kappa shape index (κ2) is 11.3. The van der Waals surface area contributed by atoms with Crippen molar-refractivity contribution < 1.29 is 23.8 Å². The number of hydrogen-bond donors (Lipinski definition) is 0. The van der Waals surface area contributed by atoms with E-state index in [0.717, 1.165) is 22.9 Å². The highest BCUT2D eigenvalue weighted by atomic mass is 35.5. The van der Waals surface area contributed by atoms with Gasteiger partial charge in [-0.25, -0.2) is 0 Å². The molecule has 2 amide bonds. The van der Waals surface area contributed by atoms with E-state index in [0.29, 0.717) is 33.8 Å². The lowest BCUT2D eigenvalue weighted by Crippen LogP contribution is -2.32. The summed E-state index contributed by atoms with van der Waals surface area (Å²) in [5.74, 6) is 1.41. The zero-order valence-electron chi connectivity index (χ0n) is 19.3. The number of thioether (sulfide) groups is 1. The summed E-state index contributed by atoms with van der Waals surface area (Å²) in [4.78, 5) is 26.7. The van der Waals surface area contributed by atoms with Gasteiger partial charge in [-0.15, -0.1) is 0 Å². The average Bonchev–Trinajstić information content (AvgIpc) is 3.12. The van der Waals surface area contributed by atoms with Crippen molar-refractivity contribution >= 4 is 40.6 Å². The van der Waals surface area contributed by atoms with Crippen LogP contribution in [0.4, 0.5) is 4.79 Å². The van der Waals surface area contributed by atoms with Gasteiger partial charge < -0.3 is 14.2 Å². The zero-order valence-corrected chi connectivity index (χ0v) is 20.9. The van der Waals surface area contributed by atoms with Crippen LogP contribution in [0.1, 0.15) is 16.7 Å². The number of halogens is 1. The predicted molar refractivity (Wildman–Crippen MR) is 138 cm³/mol. The van der Waals surface area contributed by atoms with Crippen LogP contribution in [0.25, 0.3) is 6.08 Å². The molecule has 35 heavy (non-hydrogen) atoms. The summed E-state index contributed by atoms with van der Waals surface area (Å²) < 4.78 is 17.0. The third-order valence-electron chi connectivity index (χ3n) is 5.27. The summed E-state index contributed by atoms with van der Waals surface area (Å²) in [5.41, 5.74) is 2.97. The lowest BCUT2D eigenvalue weighted by atomic mass is 10.1. The number of benzene rings is 3. The molecule has 1 aliphatic heterocycles. The minimum Gasteiger partial charge on any atom is -0.493 e. The van der Waals surface area contributed by atoms with Gasteiger partial charge in [-0.3, -0.25) is 14.5 Å². The number of methoxy groups -OCH3 is 1. The summed E-state index contributed by atoms with van der Waals surface area (Å²) in [6, 6.07) is 20.4. The third-order valence-corrected chi connectivity index (χ3v) is 6.43. The van der Waals surface area contributed by atoms with Crippen LogP contribution in [0, 0.1) is 6.92 Å². The van der Waals surface area contributed by atoms with Crippen molar-refractivity contribution in [1.82, 2.24) is 4.90 Å². The predicted octanol–water partition coefficient (Wildman–Crippen LogP) is 6.35. The average molecular weight is 510 g/mol. The first-order valence-corrected chi connectivity index (χ1v) is 12.1. The Morgan fingerprint density at radius 3 is 2.40 bits per heavy atom. The fraction of sp³-hybridized carbons (Fsp3) is 0.185. The minimum atomic E-state index is -0.349. The molecule has 4 rings (SSSR count). The molecule has 0 aromatic heterocycles. The number of carbonyl (C=O) groups excluding carboxylic acids is 2. The van der Waals surface area contributed by atoms with Crippen LogP contribution in [0.15, 0.2) is 71.6 Å². The van der Waals surface area contributed by atoms with E-state index in [-0.39, 0.29) is 24.3 Å². The molecule has 1 aliphatic rings. The Hall–Kier alpha value is -3.42. The number of imide groups is 1. The topological polar surface area (TPSA) is 65.1 Å². The Balaban J connectivity index is 1.38. The summed E-state index contributed by atoms with van der Waals surface area (Å²) in [6.07, 6.45) is 1.68. The monoisotopic (exact) mass is 509 g/mol. The minimum absolute atomic E-state index is 0.153. The molecular weight excluding hydrogens is 486 g/mol. The third kappa shape index (κ3) is 6.38. The van der Waals surface area contributed by atoms with Crippen LogP contribution in [0.2, 0.25) is 5.02 Å². The van der Waals surface area contributed by atoms with Gasteiger partial charge in [0.15, 0.2) is 11.5 Å². The van der Waals surface area contributed by atoms with Crippen molar-refractivity contribution in [3.8, 4) is 17.2 Å². The van der Waals surface area contributed by atoms with E-state index in [1.165, 1.54) is 10.5 Å². The summed E-state index contributed by atoms with van der Waals surface area (Å²) in [6.45, 7) is 2.79. The normalized spacial score (nSPS) is 14.5. The lowest BCUT2D eigenvalue weighted by molar-refractivity contribution is -0.123. The Labute approximate surface area is 213 Å². The van der Waals surface area contributed by atoms with Gasteiger partial charge in [-0.1, -0.05) is 47.5 Å². The van der Waals surface area contributed by atoms with E-state index < -0.39 is 0 Å². The Kier molecular flexibility index (Phi) is 8.00. The molecule has 0 N–H and O–H groups in total. The molecule has 0 aliphatic carbocycles. The maximum Gasteiger partial charge on any atom is 0.293 e. The Morgan fingerprint density at radius 1 is 0.943 bits per heavy atom. The summed E-state index contributed by atoms with van der Waals surface area (Å²) in [7, 11) is 1.56. The lowest BCUT2D eigenvalue weighted by Gasteiger charge is -2.13. The van der Waals surface area contributed by atoms with Gasteiger partial charge in [0, 0.05) is 5.02 Å². The second-order valence-corrected chi connectivity index (χ2v) is 9.25. The first kappa shape index (κ1) is 24.7. The van der Waals surface area contributed by atoms with Crippen molar-refractivity contribution in [2.75, 3.05) is 20.3 Å². The number of carbonyl (C=O) groups is 2. The molecule has 180 valence electrons. The molecule has 0 atom stereocenters. The summed E-state index contributed by atoms with van der Waals surface area (Å²) >= 11 is 6.77. The molecule has 0 bridgehead atoms. The number of nitrogens with zero attached hydrogens (tertiary/aromatic N) is 1. The van der Waals surface area contributed by atoms with Crippen LogP contribution in [0.5, 0.6) is 17.2 Å². The van der Waals surface area contributed by atoms with Crippen LogP contribution in [0.3, 0.4) is 0 Å². The molecule has 1 fully saturated rings. The van der Waals surface area contributed by atoms with Gasteiger partial charge in [-0.2, -0.15) is 0 Å². The fourth-order valence-corrected chi connectivity index (χ4v) is 4.36. The van der Waals surface area contributed by atoms with Gasteiger partial charge in [-0.05, 0) is 72.3 Å². The highest BCUT2D eigenvalue weighted by Gasteiger charge is 2.34. The van der Waals surface area contributed by atoms with Crippen molar-refractivity contribution in [1.29, 1.82) is 0 Å². The number of amides is 2. The molecule has 0 radical (unpaired) electrons. The molecule has 3 aromatic rings. The highest BCUT2D eigenvalue weighted by Crippen LogP contribution is 2.34. The largest absolute Gasteiger partial charge is 0.493 e. The standard InChI is InChI=1S/C27H24ClNO5S/c1-18-3-5-19(6-4-18)17-34-23-12-7-20(15-24(23)32-2)16-25-26(30)29(27(31)35-25)13-14-33-22-10-8-21(28)9-11-22/h3-12,15-16H,13-14,17H2,1-2H3/b25-16-. The van der Waals surface area contributed by atoms with Gasteiger partial charge in [0.1, 0.15) is 19.0 Å². The SMILES string of the molecule is COc1cc(/C=C2\SC(=O)N(CCOc3ccc(Cl)cc3)C2=O)ccc1OCc1ccc(C)cc1. The number of hydrogen-bond acceptors (Lipinski definition) is 6. The van der Waals surface area contributed by atoms with Crippen LogP contribution in [-0.2, 0) is 11.4 Å². The maximum absolute atomic E-state index is 12.8. The van der Waals surface area contributed by atoms with Crippen molar-refractivity contribution in [2.24, 2.45) is 0 Å². The first-order valence-electron chi connectivity index (χ1n) is 10.9. The molecule has 8 heteroatoms. The zero-order chi connectivity index (χ0) is 24.8. The van der Waals surface area contributed by atoms with Crippen molar-refractivity contribution in [3.05, 3.63) is 93.3 Å². The van der Waals surface area contributed by atoms with Gasteiger partial charge in [0.2, 0.25) is 0 Å². The fourth-order valence-electron chi connectivity index (χ4n) is 3.37. The molecule has 6 nitrogen and oxygen atoms in total. The van der Waals surface area contributed by atoms with E-state index in [9.17, 15) is 9.59 Å². The van der Waals surface area contributed by atoms with Crippen molar-refractivity contribution in [3.63, 3.8) is 0 Å². The van der Waals surface area contributed by atoms with Crippen LogP contribution < -0.4 is 14.2 Å². The van der Waals surface area contributed by atoms with Gasteiger partial charge in [0.25, 0.3) is 11.1 Å². The van der Waals surface area contributed by atoms with Crippen molar-refractivity contribution in [2.45, 2.75) is 13.5 Å². The maximum atomic E-state index is 12.8. The molecule has 0 spiro atoms. The number of ether oxygens (including phenoxy) is 3. The molecule has 0 unspecified atom stereocenters. The number of rotatable bonds is 9. The van der Waals surface area contributed by atoms with Crippen LogP contribution in [-0.4, -0.2) is 36.3 Å². The second-order valence-electron chi connectivity index (χ2n) is 7.82. The quantitative estimate of drug-likeness (QED) is 0.313. The number of aryl methyl sites for hydroxylation is 1. The van der Waals surface area contributed by atoms with E-state index in [1.54, 1.807) is 49.6 Å². The molecule has 0 saturated carbocycles. The highest BCUT2D eigenvalue weighted by molar-refractivity contribution is 8.18. The van der Waals surface area contributed by atoms with Gasteiger partial charge >= 0.3 is 0 Å². The first-order chi connectivity index (χ1) is 16.9. The van der Waals surface area contributed by atoms with E-state index in [4.69, 9.17) is 25.8 Å². The molecule has 1 heterocycles. The summed E-state index contributed by atoms with van der Waals surface area (Å²) in [5, 5.41) is 0.280. The van der Waals surface area contributed by atoms with E-state index >= 15 is 0 Å². The van der Waals surface area contributed by atoms with Crippen LogP contribution >= 0.6 is 23.4 Å². The van der Waals surface area contributed by atoms with E-state index in [1.807, 2.05) is 37.3 Å².